The third-order valence-corrected chi connectivity index (χ3v) is 3.14. The SMILES string of the molecule is NC(=O)C1CCN(Cc2cccc(F)c2O)C1. The van der Waals surface area contributed by atoms with Gasteiger partial charge in [0.1, 0.15) is 0 Å². The van der Waals surface area contributed by atoms with Crippen molar-refractivity contribution in [3.05, 3.63) is 29.6 Å². The molecule has 1 aliphatic heterocycles. The van der Waals surface area contributed by atoms with Gasteiger partial charge in [0.2, 0.25) is 5.91 Å². The fourth-order valence-electron chi connectivity index (χ4n) is 2.14. The molecule has 1 fully saturated rings. The Balaban J connectivity index is 2.03. The van der Waals surface area contributed by atoms with E-state index in [0.29, 0.717) is 18.7 Å². The van der Waals surface area contributed by atoms with Crippen LogP contribution in [0.25, 0.3) is 0 Å². The number of halogens is 1. The summed E-state index contributed by atoms with van der Waals surface area (Å²) in [6, 6.07) is 4.46. The highest BCUT2D eigenvalue weighted by Gasteiger charge is 2.27. The third kappa shape index (κ3) is 2.55. The summed E-state index contributed by atoms with van der Waals surface area (Å²) in [6.07, 6.45) is 0.728. The van der Waals surface area contributed by atoms with Crippen molar-refractivity contribution in [3.8, 4) is 5.75 Å². The Hall–Kier alpha value is -1.62. The van der Waals surface area contributed by atoms with Gasteiger partial charge in [-0.15, -0.1) is 0 Å². The first kappa shape index (κ1) is 11.9. The minimum absolute atomic E-state index is 0.134. The number of rotatable bonds is 3. The lowest BCUT2D eigenvalue weighted by molar-refractivity contribution is -0.121. The molecular weight excluding hydrogens is 223 g/mol. The van der Waals surface area contributed by atoms with Crippen LogP contribution in [0.4, 0.5) is 4.39 Å². The number of para-hydroxylation sites is 1. The van der Waals surface area contributed by atoms with E-state index >= 15 is 0 Å². The Morgan fingerprint density at radius 1 is 1.59 bits per heavy atom. The Morgan fingerprint density at radius 3 is 3.00 bits per heavy atom. The van der Waals surface area contributed by atoms with Crippen molar-refractivity contribution in [1.82, 2.24) is 4.90 Å². The van der Waals surface area contributed by atoms with E-state index in [9.17, 15) is 14.3 Å². The predicted octanol–water partition coefficient (Wildman–Crippen LogP) is 0.838. The van der Waals surface area contributed by atoms with Crippen LogP contribution >= 0.6 is 0 Å². The molecule has 3 N–H and O–H groups in total. The van der Waals surface area contributed by atoms with Crippen LogP contribution in [0.15, 0.2) is 18.2 Å². The lowest BCUT2D eigenvalue weighted by Crippen LogP contribution is -2.27. The third-order valence-electron chi connectivity index (χ3n) is 3.14. The van der Waals surface area contributed by atoms with Crippen LogP contribution in [0.5, 0.6) is 5.75 Å². The number of primary amides is 1. The van der Waals surface area contributed by atoms with Gasteiger partial charge in [0.15, 0.2) is 11.6 Å². The highest BCUT2D eigenvalue weighted by molar-refractivity contribution is 5.77. The summed E-state index contributed by atoms with van der Waals surface area (Å²) < 4.78 is 13.1. The van der Waals surface area contributed by atoms with Crippen molar-refractivity contribution in [3.63, 3.8) is 0 Å². The van der Waals surface area contributed by atoms with Crippen molar-refractivity contribution >= 4 is 5.91 Å². The van der Waals surface area contributed by atoms with Crippen molar-refractivity contribution in [1.29, 1.82) is 0 Å². The number of hydrogen-bond donors (Lipinski definition) is 2. The molecule has 4 nitrogen and oxygen atoms in total. The number of likely N-dealkylation sites (tertiary alicyclic amines) is 1. The van der Waals surface area contributed by atoms with Gasteiger partial charge >= 0.3 is 0 Å². The Kier molecular flexibility index (Phi) is 3.28. The molecule has 1 aromatic rings. The molecule has 5 heteroatoms. The van der Waals surface area contributed by atoms with Gasteiger partial charge in [-0.1, -0.05) is 12.1 Å². The van der Waals surface area contributed by atoms with Crippen LogP contribution < -0.4 is 5.73 Å². The summed E-state index contributed by atoms with van der Waals surface area (Å²) in [4.78, 5) is 13.0. The van der Waals surface area contributed by atoms with Gasteiger partial charge in [-0.3, -0.25) is 9.69 Å². The summed E-state index contributed by atoms with van der Waals surface area (Å²) in [6.45, 7) is 1.75. The second-order valence-electron chi connectivity index (χ2n) is 4.37. The van der Waals surface area contributed by atoms with Gasteiger partial charge in [-0.25, -0.2) is 4.39 Å². The van der Waals surface area contributed by atoms with Crippen LogP contribution in [0, 0.1) is 11.7 Å². The van der Waals surface area contributed by atoms with Gasteiger partial charge in [0, 0.05) is 18.7 Å². The van der Waals surface area contributed by atoms with Gasteiger partial charge in [-0.2, -0.15) is 0 Å². The zero-order chi connectivity index (χ0) is 12.4. The van der Waals surface area contributed by atoms with Crippen LogP contribution in [-0.4, -0.2) is 29.0 Å². The fraction of sp³-hybridized carbons (Fsp3) is 0.417. The van der Waals surface area contributed by atoms with Crippen molar-refractivity contribution in [2.24, 2.45) is 11.7 Å². The van der Waals surface area contributed by atoms with E-state index in [0.717, 1.165) is 13.0 Å². The van der Waals surface area contributed by atoms with E-state index in [-0.39, 0.29) is 17.6 Å². The van der Waals surface area contributed by atoms with Crippen LogP contribution in [0.2, 0.25) is 0 Å². The monoisotopic (exact) mass is 238 g/mol. The molecule has 1 heterocycles. The predicted molar refractivity (Wildman–Crippen MR) is 60.6 cm³/mol. The van der Waals surface area contributed by atoms with Crippen LogP contribution in [0.1, 0.15) is 12.0 Å². The van der Waals surface area contributed by atoms with Crippen molar-refractivity contribution in [2.45, 2.75) is 13.0 Å². The number of carbonyl (C=O) groups excluding carboxylic acids is 1. The maximum atomic E-state index is 13.1. The minimum Gasteiger partial charge on any atom is -0.505 e. The van der Waals surface area contributed by atoms with Crippen molar-refractivity contribution < 1.29 is 14.3 Å². The molecule has 1 aromatic carbocycles. The van der Waals surface area contributed by atoms with E-state index in [1.54, 1.807) is 12.1 Å². The molecule has 92 valence electrons. The topological polar surface area (TPSA) is 66.6 Å². The number of phenolic OH excluding ortho intramolecular Hbond substituents is 1. The Morgan fingerprint density at radius 2 is 2.35 bits per heavy atom. The van der Waals surface area contributed by atoms with E-state index in [4.69, 9.17) is 5.73 Å². The number of aromatic hydroxyl groups is 1. The first-order valence-corrected chi connectivity index (χ1v) is 5.56. The number of nitrogens with two attached hydrogens (primary N) is 1. The minimum atomic E-state index is -0.617. The van der Waals surface area contributed by atoms with E-state index in [1.807, 2.05) is 4.90 Å². The second kappa shape index (κ2) is 4.71. The molecule has 17 heavy (non-hydrogen) atoms. The quantitative estimate of drug-likeness (QED) is 0.820. The molecule has 1 aliphatic rings. The summed E-state index contributed by atoms with van der Waals surface area (Å²) in [7, 11) is 0. The summed E-state index contributed by atoms with van der Waals surface area (Å²) >= 11 is 0. The summed E-state index contributed by atoms with van der Waals surface area (Å²) in [5.74, 6) is -1.36. The van der Waals surface area contributed by atoms with Crippen molar-refractivity contribution in [2.75, 3.05) is 13.1 Å². The number of carbonyl (C=O) groups is 1. The molecule has 1 saturated heterocycles. The zero-order valence-corrected chi connectivity index (χ0v) is 9.40. The van der Waals surface area contributed by atoms with Gasteiger partial charge in [0.05, 0.1) is 5.92 Å². The molecule has 0 aromatic heterocycles. The molecular formula is C12H15FN2O2. The maximum absolute atomic E-state index is 13.1. The molecule has 0 spiro atoms. The van der Waals surface area contributed by atoms with Gasteiger partial charge < -0.3 is 10.8 Å². The van der Waals surface area contributed by atoms with Crippen LogP contribution in [0.3, 0.4) is 0 Å². The maximum Gasteiger partial charge on any atom is 0.221 e. The molecule has 0 radical (unpaired) electrons. The lowest BCUT2D eigenvalue weighted by atomic mass is 10.1. The lowest BCUT2D eigenvalue weighted by Gasteiger charge is -2.16. The molecule has 1 atom stereocenters. The normalized spacial score (nSPS) is 20.6. The number of nitrogens with zero attached hydrogens (tertiary/aromatic N) is 1. The first-order valence-electron chi connectivity index (χ1n) is 5.56. The molecule has 1 amide bonds. The standard InChI is InChI=1S/C12H15FN2O2/c13-10-3-1-2-8(11(10)16)6-15-5-4-9(7-15)12(14)17/h1-3,9,16H,4-7H2,(H2,14,17). The van der Waals surface area contributed by atoms with E-state index in [1.165, 1.54) is 6.07 Å². The van der Waals surface area contributed by atoms with E-state index < -0.39 is 5.82 Å². The Labute approximate surface area is 98.8 Å². The fourth-order valence-corrected chi connectivity index (χ4v) is 2.14. The molecule has 1 unspecified atom stereocenters. The number of benzene rings is 1. The molecule has 0 aliphatic carbocycles. The second-order valence-corrected chi connectivity index (χ2v) is 4.37. The molecule has 0 saturated carbocycles. The number of phenols is 1. The molecule has 2 rings (SSSR count). The van der Waals surface area contributed by atoms with Gasteiger partial charge in [0.25, 0.3) is 0 Å². The highest BCUT2D eigenvalue weighted by atomic mass is 19.1. The summed E-state index contributed by atoms with van der Waals surface area (Å²) in [5.41, 5.74) is 5.77. The highest BCUT2D eigenvalue weighted by Crippen LogP contribution is 2.25. The summed E-state index contributed by atoms with van der Waals surface area (Å²) in [5, 5.41) is 9.54. The first-order chi connectivity index (χ1) is 8.08. The zero-order valence-electron chi connectivity index (χ0n) is 9.40. The largest absolute Gasteiger partial charge is 0.505 e. The van der Waals surface area contributed by atoms with E-state index in [2.05, 4.69) is 0 Å². The average molecular weight is 238 g/mol. The Bertz CT molecular complexity index is 437. The molecule has 0 bridgehead atoms. The number of hydrogen-bond acceptors (Lipinski definition) is 3. The average Bonchev–Trinajstić information content (AvgIpc) is 2.73. The number of amides is 1. The van der Waals surface area contributed by atoms with Gasteiger partial charge in [-0.05, 0) is 19.0 Å². The van der Waals surface area contributed by atoms with Crippen LogP contribution in [-0.2, 0) is 11.3 Å². The smallest absolute Gasteiger partial charge is 0.221 e.